The highest BCUT2D eigenvalue weighted by atomic mass is 32.2. The van der Waals surface area contributed by atoms with Gasteiger partial charge in [-0.25, -0.2) is 12.7 Å². The Kier molecular flexibility index (Phi) is 8.20. The number of benzene rings is 2. The molecular weight excluding hydrogens is 372 g/mol. The third-order valence-electron chi connectivity index (χ3n) is 4.76. The number of hydrogen-bond acceptors (Lipinski definition) is 3. The summed E-state index contributed by atoms with van der Waals surface area (Å²) in [7, 11) is -0.404. The molecule has 0 aliphatic carbocycles. The van der Waals surface area contributed by atoms with Gasteiger partial charge in [-0.15, -0.1) is 0 Å². The van der Waals surface area contributed by atoms with Crippen LogP contribution in [0.4, 0.5) is 0 Å². The fourth-order valence-corrected chi connectivity index (χ4v) is 3.88. The molecular formula is C22H30N2O3S. The van der Waals surface area contributed by atoms with Crippen molar-refractivity contribution in [3.8, 4) is 0 Å². The predicted molar refractivity (Wildman–Crippen MR) is 112 cm³/mol. The average molecular weight is 403 g/mol. The van der Waals surface area contributed by atoms with Crippen LogP contribution in [0.2, 0.25) is 0 Å². The lowest BCUT2D eigenvalue weighted by molar-refractivity contribution is -0.131. The van der Waals surface area contributed by atoms with E-state index in [4.69, 9.17) is 0 Å². The lowest BCUT2D eigenvalue weighted by Gasteiger charge is -2.21. The molecule has 152 valence electrons. The Morgan fingerprint density at radius 1 is 0.893 bits per heavy atom. The average Bonchev–Trinajstić information content (AvgIpc) is 2.70. The van der Waals surface area contributed by atoms with E-state index < -0.39 is 10.0 Å². The quantitative estimate of drug-likeness (QED) is 0.570. The highest BCUT2D eigenvalue weighted by Crippen LogP contribution is 2.16. The van der Waals surface area contributed by atoms with E-state index in [0.29, 0.717) is 19.5 Å². The number of nitrogens with zero attached hydrogens (tertiary/aromatic N) is 2. The van der Waals surface area contributed by atoms with Crippen LogP contribution < -0.4 is 0 Å². The summed E-state index contributed by atoms with van der Waals surface area (Å²) in [5.41, 5.74) is 2.23. The van der Waals surface area contributed by atoms with E-state index >= 15 is 0 Å². The molecule has 2 aromatic rings. The molecule has 0 unspecified atom stereocenters. The van der Waals surface area contributed by atoms with Gasteiger partial charge in [0.2, 0.25) is 15.9 Å². The zero-order valence-corrected chi connectivity index (χ0v) is 17.8. The van der Waals surface area contributed by atoms with Crippen molar-refractivity contribution in [3.63, 3.8) is 0 Å². The second-order valence-electron chi connectivity index (χ2n) is 7.03. The van der Waals surface area contributed by atoms with E-state index in [0.717, 1.165) is 24.8 Å². The number of carbonyl (C=O) groups excluding carboxylic acids is 1. The van der Waals surface area contributed by atoms with Gasteiger partial charge in [-0.2, -0.15) is 0 Å². The maximum absolute atomic E-state index is 12.5. The second-order valence-corrected chi connectivity index (χ2v) is 9.18. The number of carbonyl (C=O) groups is 1. The molecule has 0 aliphatic rings. The maximum Gasteiger partial charge on any atom is 0.242 e. The Morgan fingerprint density at radius 2 is 1.54 bits per heavy atom. The van der Waals surface area contributed by atoms with Crippen LogP contribution in [0.1, 0.15) is 37.3 Å². The van der Waals surface area contributed by atoms with E-state index in [1.807, 2.05) is 30.0 Å². The summed E-state index contributed by atoms with van der Waals surface area (Å²) in [6.45, 7) is 3.10. The molecule has 0 heterocycles. The molecule has 0 saturated heterocycles. The molecule has 0 saturated carbocycles. The molecule has 0 fully saturated rings. The van der Waals surface area contributed by atoms with Gasteiger partial charge in [-0.05, 0) is 49.4 Å². The summed E-state index contributed by atoms with van der Waals surface area (Å²) in [5, 5.41) is 0. The summed E-state index contributed by atoms with van der Waals surface area (Å²) in [6.07, 6.45) is 3.38. The van der Waals surface area contributed by atoms with Crippen molar-refractivity contribution in [1.29, 1.82) is 0 Å². The predicted octanol–water partition coefficient (Wildman–Crippen LogP) is 3.70. The molecule has 0 aliphatic heterocycles. The standard InChI is InChI=1S/C22H30N2O3S/c1-4-24(22(25)13-9-8-12-19-10-6-5-7-11-19)18-20-14-16-21(17-15-20)28(26,27)23(2)3/h5-7,10-11,14-17H,4,8-9,12-13,18H2,1-3H3. The lowest BCUT2D eigenvalue weighted by atomic mass is 10.1. The van der Waals surface area contributed by atoms with Gasteiger partial charge in [0.15, 0.2) is 0 Å². The van der Waals surface area contributed by atoms with Crippen molar-refractivity contribution in [2.75, 3.05) is 20.6 Å². The first-order valence-corrected chi connectivity index (χ1v) is 11.1. The second kappa shape index (κ2) is 10.4. The molecule has 0 atom stereocenters. The zero-order chi connectivity index (χ0) is 20.6. The van der Waals surface area contributed by atoms with Crippen molar-refractivity contribution < 1.29 is 13.2 Å². The summed E-state index contributed by atoms with van der Waals surface area (Å²) < 4.78 is 25.5. The summed E-state index contributed by atoms with van der Waals surface area (Å²) in [6, 6.07) is 17.1. The molecule has 6 heteroatoms. The van der Waals surface area contributed by atoms with Crippen molar-refractivity contribution in [2.45, 2.75) is 44.0 Å². The first kappa shape index (κ1) is 22.1. The van der Waals surface area contributed by atoms with Gasteiger partial charge in [0.1, 0.15) is 0 Å². The molecule has 0 bridgehead atoms. The Morgan fingerprint density at radius 3 is 2.11 bits per heavy atom. The van der Waals surface area contributed by atoms with Crippen LogP contribution in [0.3, 0.4) is 0 Å². The first-order chi connectivity index (χ1) is 13.3. The molecule has 0 radical (unpaired) electrons. The number of amides is 1. The van der Waals surface area contributed by atoms with Gasteiger partial charge in [-0.3, -0.25) is 4.79 Å². The monoisotopic (exact) mass is 402 g/mol. The molecule has 0 N–H and O–H groups in total. The van der Waals surface area contributed by atoms with Crippen LogP contribution in [-0.2, 0) is 27.8 Å². The van der Waals surface area contributed by atoms with Gasteiger partial charge in [0.05, 0.1) is 4.90 Å². The fourth-order valence-electron chi connectivity index (χ4n) is 2.98. The van der Waals surface area contributed by atoms with Gasteiger partial charge < -0.3 is 4.90 Å². The zero-order valence-electron chi connectivity index (χ0n) is 17.0. The third-order valence-corrected chi connectivity index (χ3v) is 6.59. The van der Waals surface area contributed by atoms with Crippen LogP contribution in [0.5, 0.6) is 0 Å². The molecule has 0 spiro atoms. The van der Waals surface area contributed by atoms with Gasteiger partial charge in [0, 0.05) is 33.6 Å². The number of hydrogen-bond donors (Lipinski definition) is 0. The number of sulfonamides is 1. The van der Waals surface area contributed by atoms with Crippen molar-refractivity contribution in [1.82, 2.24) is 9.21 Å². The minimum atomic E-state index is -3.43. The molecule has 28 heavy (non-hydrogen) atoms. The minimum Gasteiger partial charge on any atom is -0.339 e. The molecule has 0 aromatic heterocycles. The third kappa shape index (κ3) is 6.17. The Labute approximate surface area is 169 Å². The fraction of sp³-hybridized carbons (Fsp3) is 0.409. The van der Waals surface area contributed by atoms with Gasteiger partial charge in [0.25, 0.3) is 0 Å². The SMILES string of the molecule is CCN(Cc1ccc(S(=O)(=O)N(C)C)cc1)C(=O)CCCCc1ccccc1. The summed E-state index contributed by atoms with van der Waals surface area (Å²) >= 11 is 0. The topological polar surface area (TPSA) is 57.7 Å². The van der Waals surface area contributed by atoms with Crippen LogP contribution in [0.15, 0.2) is 59.5 Å². The first-order valence-electron chi connectivity index (χ1n) is 9.67. The Balaban J connectivity index is 1.86. The molecule has 5 nitrogen and oxygen atoms in total. The maximum atomic E-state index is 12.5. The summed E-state index contributed by atoms with van der Waals surface area (Å²) in [5.74, 6) is 0.139. The normalized spacial score (nSPS) is 11.6. The van der Waals surface area contributed by atoms with E-state index in [1.165, 1.54) is 24.0 Å². The van der Waals surface area contributed by atoms with E-state index in [2.05, 4.69) is 12.1 Å². The van der Waals surface area contributed by atoms with E-state index in [1.54, 1.807) is 24.3 Å². The smallest absolute Gasteiger partial charge is 0.242 e. The van der Waals surface area contributed by atoms with Gasteiger partial charge in [-0.1, -0.05) is 42.5 Å². The Bertz CT molecular complexity index is 847. The molecule has 2 aromatic carbocycles. The summed E-state index contributed by atoms with van der Waals surface area (Å²) in [4.78, 5) is 14.6. The van der Waals surface area contributed by atoms with Crippen molar-refractivity contribution in [3.05, 3.63) is 65.7 Å². The Hall–Kier alpha value is -2.18. The largest absolute Gasteiger partial charge is 0.339 e. The molecule has 1 amide bonds. The van der Waals surface area contributed by atoms with Crippen molar-refractivity contribution >= 4 is 15.9 Å². The number of unbranched alkanes of at least 4 members (excludes halogenated alkanes) is 1. The number of rotatable bonds is 10. The molecule has 2 rings (SSSR count). The van der Waals surface area contributed by atoms with Crippen LogP contribution in [-0.4, -0.2) is 44.2 Å². The van der Waals surface area contributed by atoms with Gasteiger partial charge >= 0.3 is 0 Å². The minimum absolute atomic E-state index is 0.139. The van der Waals surface area contributed by atoms with E-state index in [9.17, 15) is 13.2 Å². The van der Waals surface area contributed by atoms with Crippen molar-refractivity contribution in [2.24, 2.45) is 0 Å². The number of aryl methyl sites for hydroxylation is 1. The van der Waals surface area contributed by atoms with Crippen LogP contribution >= 0.6 is 0 Å². The van der Waals surface area contributed by atoms with Crippen LogP contribution in [0.25, 0.3) is 0 Å². The van der Waals surface area contributed by atoms with E-state index in [-0.39, 0.29) is 10.8 Å². The van der Waals surface area contributed by atoms with Crippen LogP contribution in [0, 0.1) is 0 Å². The highest BCUT2D eigenvalue weighted by molar-refractivity contribution is 7.89. The lowest BCUT2D eigenvalue weighted by Crippen LogP contribution is -2.30. The highest BCUT2D eigenvalue weighted by Gasteiger charge is 2.17.